The van der Waals surface area contributed by atoms with Crippen LogP contribution in [0.25, 0.3) is 0 Å². The van der Waals surface area contributed by atoms with Crippen LogP contribution < -0.4 is 0 Å². The normalized spacial score (nSPS) is 26.2. The van der Waals surface area contributed by atoms with Crippen LogP contribution in [0.1, 0.15) is 39.5 Å². The lowest BCUT2D eigenvalue weighted by Gasteiger charge is -2.32. The number of carbonyl (C=O) groups is 2. The molecular weight excluding hydrogens is 220 g/mol. The Morgan fingerprint density at radius 3 is 2.88 bits per heavy atom. The molecule has 17 heavy (non-hydrogen) atoms. The predicted molar refractivity (Wildman–Crippen MR) is 63.6 cm³/mol. The van der Waals surface area contributed by atoms with Gasteiger partial charge in [-0.05, 0) is 32.1 Å². The average molecular weight is 242 g/mol. The second-order valence-electron chi connectivity index (χ2n) is 4.45. The molecule has 0 amide bonds. The molecule has 0 bridgehead atoms. The number of aldehydes is 1. The van der Waals surface area contributed by atoms with Crippen molar-refractivity contribution in [3.63, 3.8) is 0 Å². The molecule has 0 aromatic rings. The Kier molecular flexibility index (Phi) is 6.19. The van der Waals surface area contributed by atoms with Crippen LogP contribution in [-0.4, -0.2) is 31.6 Å². The molecule has 98 valence electrons. The van der Waals surface area contributed by atoms with E-state index in [9.17, 15) is 9.59 Å². The molecule has 0 N–H and O–H groups in total. The molecule has 0 aliphatic carbocycles. The molecular formula is C13H22O4. The van der Waals surface area contributed by atoms with Gasteiger partial charge in [0, 0.05) is 13.0 Å². The number of esters is 1. The summed E-state index contributed by atoms with van der Waals surface area (Å²) in [5.74, 6) is -0.301. The molecule has 0 aromatic heterocycles. The van der Waals surface area contributed by atoms with Crippen LogP contribution in [-0.2, 0) is 19.1 Å². The van der Waals surface area contributed by atoms with Crippen LogP contribution in [0.2, 0.25) is 0 Å². The van der Waals surface area contributed by atoms with Crippen molar-refractivity contribution in [3.05, 3.63) is 0 Å². The van der Waals surface area contributed by atoms with Crippen LogP contribution in [0.3, 0.4) is 0 Å². The molecule has 1 aliphatic heterocycles. The van der Waals surface area contributed by atoms with Gasteiger partial charge < -0.3 is 14.3 Å². The third-order valence-electron chi connectivity index (χ3n) is 3.37. The van der Waals surface area contributed by atoms with Crippen LogP contribution in [0.15, 0.2) is 0 Å². The Bertz CT molecular complexity index is 252. The summed E-state index contributed by atoms with van der Waals surface area (Å²) < 4.78 is 10.6. The highest BCUT2D eigenvalue weighted by molar-refractivity contribution is 5.75. The van der Waals surface area contributed by atoms with Crippen molar-refractivity contribution in [2.45, 2.75) is 45.6 Å². The van der Waals surface area contributed by atoms with Gasteiger partial charge in [0.15, 0.2) is 0 Å². The molecule has 1 heterocycles. The van der Waals surface area contributed by atoms with Crippen LogP contribution in [0.4, 0.5) is 0 Å². The van der Waals surface area contributed by atoms with E-state index >= 15 is 0 Å². The van der Waals surface area contributed by atoms with E-state index in [0.717, 1.165) is 25.5 Å². The average Bonchev–Trinajstić information content (AvgIpc) is 2.36. The minimum atomic E-state index is -0.287. The highest BCUT2D eigenvalue weighted by Crippen LogP contribution is 2.30. The number of carbonyl (C=O) groups excluding carboxylic acids is 2. The lowest BCUT2D eigenvalue weighted by atomic mass is 9.81. The highest BCUT2D eigenvalue weighted by atomic mass is 16.5. The number of rotatable bonds is 6. The fourth-order valence-corrected chi connectivity index (χ4v) is 2.39. The summed E-state index contributed by atoms with van der Waals surface area (Å²) in [5.41, 5.74) is 0. The van der Waals surface area contributed by atoms with Gasteiger partial charge in [0.1, 0.15) is 6.29 Å². The Balaban J connectivity index is 2.61. The summed E-state index contributed by atoms with van der Waals surface area (Å²) in [6.07, 6.45) is 3.95. The van der Waals surface area contributed by atoms with Gasteiger partial charge in [-0.15, -0.1) is 0 Å². The van der Waals surface area contributed by atoms with Crippen molar-refractivity contribution in [3.8, 4) is 0 Å². The zero-order valence-corrected chi connectivity index (χ0v) is 10.7. The topological polar surface area (TPSA) is 52.6 Å². The van der Waals surface area contributed by atoms with E-state index in [1.165, 1.54) is 0 Å². The van der Waals surface area contributed by atoms with Crippen LogP contribution >= 0.6 is 0 Å². The molecule has 0 radical (unpaired) electrons. The van der Waals surface area contributed by atoms with Gasteiger partial charge in [-0.2, -0.15) is 0 Å². The second kappa shape index (κ2) is 7.43. The van der Waals surface area contributed by atoms with Crippen molar-refractivity contribution < 1.29 is 19.1 Å². The zero-order chi connectivity index (χ0) is 12.7. The van der Waals surface area contributed by atoms with E-state index in [-0.39, 0.29) is 30.3 Å². The molecule has 1 rings (SSSR count). The van der Waals surface area contributed by atoms with Gasteiger partial charge in [-0.1, -0.05) is 6.92 Å². The van der Waals surface area contributed by atoms with Crippen molar-refractivity contribution >= 4 is 12.3 Å². The van der Waals surface area contributed by atoms with E-state index in [2.05, 4.69) is 6.92 Å². The maximum Gasteiger partial charge on any atom is 0.309 e. The summed E-state index contributed by atoms with van der Waals surface area (Å²) in [4.78, 5) is 22.5. The largest absolute Gasteiger partial charge is 0.466 e. The third-order valence-corrected chi connectivity index (χ3v) is 3.37. The van der Waals surface area contributed by atoms with Gasteiger partial charge in [0.05, 0.1) is 18.6 Å². The minimum Gasteiger partial charge on any atom is -0.466 e. The monoisotopic (exact) mass is 242 g/mol. The summed E-state index contributed by atoms with van der Waals surface area (Å²) >= 11 is 0. The number of hydrogen-bond donors (Lipinski definition) is 0. The zero-order valence-electron chi connectivity index (χ0n) is 10.7. The first kappa shape index (κ1) is 14.2. The second-order valence-corrected chi connectivity index (χ2v) is 4.45. The standard InChI is InChI=1S/C13H22O4/c1-3-11-9-10(6-8-17-11)12(5-7-14)13(15)16-4-2/h7,10-12H,3-6,8-9H2,1-2H3/t10-,11+,12+/m0/s1. The van der Waals surface area contributed by atoms with E-state index in [1.807, 2.05) is 0 Å². The molecule has 0 saturated carbocycles. The molecule has 1 aliphatic rings. The van der Waals surface area contributed by atoms with Crippen LogP contribution in [0.5, 0.6) is 0 Å². The third kappa shape index (κ3) is 4.11. The van der Waals surface area contributed by atoms with Gasteiger partial charge in [0.25, 0.3) is 0 Å². The summed E-state index contributed by atoms with van der Waals surface area (Å²) in [5, 5.41) is 0. The SMILES string of the molecule is CCOC(=O)[C@H](CC=O)[C@H]1CCO[C@H](CC)C1. The van der Waals surface area contributed by atoms with E-state index in [1.54, 1.807) is 6.92 Å². The smallest absolute Gasteiger partial charge is 0.309 e. The quantitative estimate of drug-likeness (QED) is 0.528. The Morgan fingerprint density at radius 1 is 1.53 bits per heavy atom. The predicted octanol–water partition coefficient (Wildman–Crippen LogP) is 1.96. The molecule has 1 saturated heterocycles. The maximum atomic E-state index is 11.8. The summed E-state index contributed by atoms with van der Waals surface area (Å²) in [6, 6.07) is 0. The molecule has 3 atom stereocenters. The minimum absolute atomic E-state index is 0.220. The molecule has 0 spiro atoms. The van der Waals surface area contributed by atoms with Gasteiger partial charge in [-0.25, -0.2) is 0 Å². The fourth-order valence-electron chi connectivity index (χ4n) is 2.39. The molecule has 0 aromatic carbocycles. The Labute approximate surface area is 103 Å². The molecule has 4 nitrogen and oxygen atoms in total. The molecule has 1 fully saturated rings. The van der Waals surface area contributed by atoms with Crippen molar-refractivity contribution in [2.75, 3.05) is 13.2 Å². The lowest BCUT2D eigenvalue weighted by molar-refractivity contribution is -0.153. The van der Waals surface area contributed by atoms with E-state index in [4.69, 9.17) is 9.47 Å². The summed E-state index contributed by atoms with van der Waals surface area (Å²) in [6.45, 7) is 4.91. The van der Waals surface area contributed by atoms with Gasteiger partial charge in [0.2, 0.25) is 0 Å². The lowest BCUT2D eigenvalue weighted by Crippen LogP contribution is -2.34. The highest BCUT2D eigenvalue weighted by Gasteiger charge is 2.33. The summed E-state index contributed by atoms with van der Waals surface area (Å²) in [7, 11) is 0. The first-order valence-electron chi connectivity index (χ1n) is 6.44. The first-order chi connectivity index (χ1) is 8.22. The van der Waals surface area contributed by atoms with Crippen molar-refractivity contribution in [1.29, 1.82) is 0 Å². The van der Waals surface area contributed by atoms with Crippen molar-refractivity contribution in [1.82, 2.24) is 0 Å². The van der Waals surface area contributed by atoms with E-state index in [0.29, 0.717) is 13.2 Å². The Morgan fingerprint density at radius 2 is 2.29 bits per heavy atom. The number of hydrogen-bond acceptors (Lipinski definition) is 4. The number of ether oxygens (including phenoxy) is 2. The Hall–Kier alpha value is -0.900. The van der Waals surface area contributed by atoms with E-state index < -0.39 is 0 Å². The maximum absolute atomic E-state index is 11.8. The molecule has 4 heteroatoms. The fraction of sp³-hybridized carbons (Fsp3) is 0.846. The molecule has 0 unspecified atom stereocenters. The first-order valence-corrected chi connectivity index (χ1v) is 6.44. The van der Waals surface area contributed by atoms with Crippen molar-refractivity contribution in [2.24, 2.45) is 11.8 Å². The van der Waals surface area contributed by atoms with Gasteiger partial charge >= 0.3 is 5.97 Å². The van der Waals surface area contributed by atoms with Gasteiger partial charge in [-0.3, -0.25) is 4.79 Å². The van der Waals surface area contributed by atoms with Crippen LogP contribution in [0, 0.1) is 11.8 Å².